The molecule has 0 fully saturated rings. The van der Waals surface area contributed by atoms with Gasteiger partial charge in [-0.15, -0.1) is 0 Å². The Morgan fingerprint density at radius 3 is 1.08 bits per heavy atom. The van der Waals surface area contributed by atoms with Gasteiger partial charge in [0.1, 0.15) is 12.6 Å². The van der Waals surface area contributed by atoms with Gasteiger partial charge in [0.25, 0.3) is 0 Å². The lowest BCUT2D eigenvalue weighted by molar-refractivity contribution is -0.148. The Hall–Kier alpha value is -6.76. The Bertz CT molecular complexity index is 2290. The number of rotatable bonds is 38. The van der Waals surface area contributed by atoms with Gasteiger partial charge >= 0.3 is 5.97 Å². The molecule has 1 atom stereocenters. The van der Waals surface area contributed by atoms with Crippen LogP contribution in [0.1, 0.15) is 67.7 Å². The number of nitrogens with zero attached hydrogens (tertiary/aromatic N) is 10. The van der Waals surface area contributed by atoms with Crippen molar-refractivity contribution in [3.05, 3.63) is 0 Å². The van der Waals surface area contributed by atoms with E-state index >= 15 is 0 Å². The van der Waals surface area contributed by atoms with E-state index in [1.165, 1.54) is 82.3 Å². The molecular formula is C53H94N14O15S2. The maximum Gasteiger partial charge on any atom is 0.308 e. The summed E-state index contributed by atoms with van der Waals surface area (Å²) < 4.78 is 5.03. The molecule has 0 radical (unpaired) electrons. The number of amides is 13. The van der Waals surface area contributed by atoms with Crippen LogP contribution < -0.4 is 21.3 Å². The molecule has 0 aromatic heterocycles. The second kappa shape index (κ2) is 39.0. The average molecular weight is 1230 g/mol. The molecule has 478 valence electrons. The highest BCUT2D eigenvalue weighted by molar-refractivity contribution is 8.77. The Balaban J connectivity index is 4.78. The van der Waals surface area contributed by atoms with Crippen LogP contribution in [0, 0.1) is 5.92 Å². The molecule has 84 heavy (non-hydrogen) atoms. The molecule has 0 rings (SSSR count). The van der Waals surface area contributed by atoms with Crippen LogP contribution in [0.3, 0.4) is 0 Å². The van der Waals surface area contributed by atoms with Crippen LogP contribution in [0.5, 0.6) is 0 Å². The first kappa shape index (κ1) is 77.2. The van der Waals surface area contributed by atoms with Crippen molar-refractivity contribution >= 4 is 104 Å². The maximum absolute atomic E-state index is 13.0. The standard InChI is InChI=1S/C53H94N14O15S2/c1-36(2)52(81)82-35-53(6,7)84-83-24-18-19-39(68)55-21-20-41(70)59(9)26-43(72)61(11)28-45(74)63(13)30-47(76)65(15)32-49(78)67(17)34-50(79)66(16)33-48(77)64(14)31-46(75)62(12)29-44(73)60(10)27-42(71)58(8)25-40(69)57-38(5)51(80)56-23-22-54-37(3)4/h36-38,54H,18-35H2,1-17H3,(H,55,68)(H,56,80)(H,57,69)/t38-/m0/s1. The predicted molar refractivity (Wildman–Crippen MR) is 317 cm³/mol. The second-order valence-corrected chi connectivity index (χ2v) is 24.9. The van der Waals surface area contributed by atoms with Crippen molar-refractivity contribution in [3.63, 3.8) is 0 Å². The molecule has 0 aromatic rings. The normalized spacial score (nSPS) is 11.3. The Labute approximate surface area is 503 Å². The van der Waals surface area contributed by atoms with Gasteiger partial charge in [-0.25, -0.2) is 0 Å². The van der Waals surface area contributed by atoms with Gasteiger partial charge in [0.2, 0.25) is 76.8 Å². The van der Waals surface area contributed by atoms with Crippen molar-refractivity contribution < 1.29 is 71.9 Å². The SMILES string of the molecule is CC(C)NCCNC(=O)[C@H](C)NC(=O)CN(C)C(=O)CN(C)C(=O)CN(C)C(=O)CN(C)C(=O)CN(C)C(=O)CN(C)C(=O)CN(C)C(=O)CN(C)C(=O)CN(C)C(=O)CN(C)C(=O)CCNC(=O)CCCSSC(C)(C)COC(=O)C(C)C. The van der Waals surface area contributed by atoms with E-state index < -0.39 is 129 Å². The van der Waals surface area contributed by atoms with Crippen LogP contribution in [0.15, 0.2) is 0 Å². The van der Waals surface area contributed by atoms with Crippen molar-refractivity contribution in [1.29, 1.82) is 0 Å². The molecule has 0 aromatic carbocycles. The fourth-order valence-corrected chi connectivity index (χ4v) is 9.06. The zero-order valence-corrected chi connectivity index (χ0v) is 54.0. The highest BCUT2D eigenvalue weighted by atomic mass is 33.1. The van der Waals surface area contributed by atoms with E-state index in [9.17, 15) is 67.1 Å². The average Bonchev–Trinajstić information content (AvgIpc) is 3.42. The minimum Gasteiger partial charge on any atom is -0.464 e. The summed E-state index contributed by atoms with van der Waals surface area (Å²) in [5.41, 5.74) is 0. The molecule has 0 bridgehead atoms. The fraction of sp³-hybridized carbons (Fsp3) is 0.736. The largest absolute Gasteiger partial charge is 0.464 e. The van der Waals surface area contributed by atoms with Crippen molar-refractivity contribution in [2.75, 3.05) is 168 Å². The van der Waals surface area contributed by atoms with Crippen molar-refractivity contribution in [2.24, 2.45) is 5.92 Å². The van der Waals surface area contributed by atoms with Gasteiger partial charge in [-0.1, -0.05) is 49.3 Å². The number of nitrogens with one attached hydrogen (secondary N) is 4. The van der Waals surface area contributed by atoms with Crippen LogP contribution in [-0.4, -0.2) is 317 Å². The number of hydrogen-bond donors (Lipinski definition) is 4. The van der Waals surface area contributed by atoms with Gasteiger partial charge in [0.05, 0.1) is 76.1 Å². The first-order valence-corrected chi connectivity index (χ1v) is 29.6. The second-order valence-electron chi connectivity index (χ2n) is 21.8. The van der Waals surface area contributed by atoms with E-state index in [0.29, 0.717) is 25.3 Å². The molecule has 0 unspecified atom stereocenters. The molecule has 13 amide bonds. The van der Waals surface area contributed by atoms with E-state index in [4.69, 9.17) is 4.74 Å². The lowest BCUT2D eigenvalue weighted by atomic mass is 10.2. The third-order valence-corrected chi connectivity index (χ3v) is 15.7. The third kappa shape index (κ3) is 32.3. The summed E-state index contributed by atoms with van der Waals surface area (Å²) in [5.74, 6) is -6.97. The zero-order chi connectivity index (χ0) is 64.8. The van der Waals surface area contributed by atoms with Gasteiger partial charge in [0, 0.05) is 115 Å². The molecule has 0 aliphatic rings. The Morgan fingerprint density at radius 1 is 0.417 bits per heavy atom. The lowest BCUT2D eigenvalue weighted by Gasteiger charge is -2.27. The minimum absolute atomic E-state index is 0.0597. The first-order valence-electron chi connectivity index (χ1n) is 27.3. The Kier molecular flexibility index (Phi) is 35.8. The third-order valence-electron chi connectivity index (χ3n) is 12.3. The van der Waals surface area contributed by atoms with Gasteiger partial charge < -0.3 is 75.0 Å². The summed E-state index contributed by atoms with van der Waals surface area (Å²) >= 11 is 0. The smallest absolute Gasteiger partial charge is 0.308 e. The number of ether oxygens (including phenoxy) is 1. The van der Waals surface area contributed by atoms with Crippen molar-refractivity contribution in [3.8, 4) is 0 Å². The van der Waals surface area contributed by atoms with Crippen LogP contribution in [-0.2, 0) is 71.9 Å². The number of likely N-dealkylation sites (N-methyl/N-ethyl adjacent to an activating group) is 10. The van der Waals surface area contributed by atoms with Gasteiger partial charge in [-0.05, 0) is 27.2 Å². The lowest BCUT2D eigenvalue weighted by Crippen LogP contribution is -2.50. The molecule has 4 N–H and O–H groups in total. The molecule has 0 aliphatic heterocycles. The van der Waals surface area contributed by atoms with E-state index in [0.717, 1.165) is 44.1 Å². The molecule has 0 saturated heterocycles. The topological polar surface area (TPSA) is 329 Å². The van der Waals surface area contributed by atoms with E-state index in [1.54, 1.807) is 35.4 Å². The van der Waals surface area contributed by atoms with E-state index in [1.807, 2.05) is 27.7 Å². The summed E-state index contributed by atoms with van der Waals surface area (Å²) in [6.07, 6.45) is 0.791. The zero-order valence-electron chi connectivity index (χ0n) is 52.4. The quantitative estimate of drug-likeness (QED) is 0.0269. The van der Waals surface area contributed by atoms with E-state index in [2.05, 4.69) is 21.3 Å². The molecule has 0 heterocycles. The summed E-state index contributed by atoms with van der Waals surface area (Å²) in [4.78, 5) is 189. The highest BCUT2D eigenvalue weighted by Crippen LogP contribution is 2.36. The molecular weight excluding hydrogens is 1140 g/mol. The van der Waals surface area contributed by atoms with Gasteiger partial charge in [-0.3, -0.25) is 67.1 Å². The molecule has 0 saturated carbocycles. The molecule has 29 nitrogen and oxygen atoms in total. The maximum atomic E-state index is 13.0. The van der Waals surface area contributed by atoms with Crippen LogP contribution in [0.4, 0.5) is 0 Å². The Morgan fingerprint density at radius 2 is 0.750 bits per heavy atom. The molecule has 31 heteroatoms. The summed E-state index contributed by atoms with van der Waals surface area (Å²) in [5, 5.41) is 11.1. The van der Waals surface area contributed by atoms with Crippen molar-refractivity contribution in [2.45, 2.75) is 84.6 Å². The van der Waals surface area contributed by atoms with Gasteiger partial charge in [0.15, 0.2) is 0 Å². The monoisotopic (exact) mass is 1230 g/mol. The number of hydrogen-bond acceptors (Lipinski definition) is 18. The van der Waals surface area contributed by atoms with Crippen molar-refractivity contribution in [1.82, 2.24) is 70.3 Å². The predicted octanol–water partition coefficient (Wildman–Crippen LogP) is -3.17. The van der Waals surface area contributed by atoms with E-state index in [-0.39, 0.29) is 67.7 Å². The van der Waals surface area contributed by atoms with Gasteiger partial charge in [-0.2, -0.15) is 0 Å². The molecule has 0 spiro atoms. The molecule has 0 aliphatic carbocycles. The highest BCUT2D eigenvalue weighted by Gasteiger charge is 2.28. The van der Waals surface area contributed by atoms with Crippen LogP contribution in [0.25, 0.3) is 0 Å². The number of carbonyl (C=O) groups excluding carboxylic acids is 14. The summed E-state index contributed by atoms with van der Waals surface area (Å²) in [6, 6.07) is -0.611. The van der Waals surface area contributed by atoms with Crippen LogP contribution in [0.2, 0.25) is 0 Å². The fourth-order valence-electron chi connectivity index (χ4n) is 6.58. The summed E-state index contributed by atoms with van der Waals surface area (Å²) in [6.45, 7) is 9.76. The van der Waals surface area contributed by atoms with Crippen LogP contribution >= 0.6 is 21.6 Å². The number of esters is 1. The first-order chi connectivity index (χ1) is 38.9. The summed E-state index contributed by atoms with van der Waals surface area (Å²) in [7, 11) is 16.6. The number of carbonyl (C=O) groups is 14. The minimum atomic E-state index is -0.857.